The molecule has 1 heterocycles. The fraction of sp³-hybridized carbons (Fsp3) is 0.450. The van der Waals surface area contributed by atoms with Crippen LogP contribution >= 0.6 is 12.2 Å². The van der Waals surface area contributed by atoms with Crippen molar-refractivity contribution in [3.8, 4) is 0 Å². The van der Waals surface area contributed by atoms with Crippen molar-refractivity contribution < 1.29 is 4.42 Å². The fourth-order valence-corrected chi connectivity index (χ4v) is 3.04. The molecule has 0 spiro atoms. The van der Waals surface area contributed by atoms with E-state index in [1.807, 2.05) is 24.3 Å². The Bertz CT molecular complexity index is 638. The van der Waals surface area contributed by atoms with Crippen LogP contribution in [-0.2, 0) is 6.54 Å². The number of hydrogen-bond donors (Lipinski definition) is 1. The molecule has 4 nitrogen and oxygen atoms in total. The largest absolute Gasteiger partial charge is 0.467 e. The van der Waals surface area contributed by atoms with E-state index in [4.69, 9.17) is 16.6 Å². The average Bonchev–Trinajstić information content (AvgIpc) is 3.13. The highest BCUT2D eigenvalue weighted by Gasteiger charge is 2.13. The number of aryl methyl sites for hydroxylation is 1. The lowest BCUT2D eigenvalue weighted by Gasteiger charge is -2.27. The molecule has 0 radical (unpaired) electrons. The Labute approximate surface area is 156 Å². The van der Waals surface area contributed by atoms with E-state index in [-0.39, 0.29) is 0 Å². The molecule has 1 aromatic carbocycles. The van der Waals surface area contributed by atoms with Crippen molar-refractivity contribution in [3.05, 3.63) is 54.0 Å². The summed E-state index contributed by atoms with van der Waals surface area (Å²) in [5.41, 5.74) is 2.24. The highest BCUT2D eigenvalue weighted by molar-refractivity contribution is 7.80. The molecule has 0 saturated heterocycles. The third kappa shape index (κ3) is 6.18. The van der Waals surface area contributed by atoms with Gasteiger partial charge in [-0.3, -0.25) is 0 Å². The summed E-state index contributed by atoms with van der Waals surface area (Å²) in [6, 6.07) is 12.1. The fourth-order valence-electron chi connectivity index (χ4n) is 2.78. The summed E-state index contributed by atoms with van der Waals surface area (Å²) < 4.78 is 5.52. The first-order valence-corrected chi connectivity index (χ1v) is 9.41. The topological polar surface area (TPSA) is 31.6 Å². The van der Waals surface area contributed by atoms with Crippen LogP contribution in [0.5, 0.6) is 0 Å². The van der Waals surface area contributed by atoms with Crippen molar-refractivity contribution in [2.75, 3.05) is 31.5 Å². The van der Waals surface area contributed by atoms with Crippen LogP contribution in [0.2, 0.25) is 0 Å². The lowest BCUT2D eigenvalue weighted by Crippen LogP contribution is -2.36. The van der Waals surface area contributed by atoms with Gasteiger partial charge in [-0.05, 0) is 69.0 Å². The molecule has 0 fully saturated rings. The lowest BCUT2D eigenvalue weighted by molar-refractivity contribution is 0.276. The Morgan fingerprint density at radius 2 is 1.84 bits per heavy atom. The van der Waals surface area contributed by atoms with Gasteiger partial charge >= 0.3 is 0 Å². The van der Waals surface area contributed by atoms with E-state index in [0.29, 0.717) is 6.54 Å². The van der Waals surface area contributed by atoms with Gasteiger partial charge in [0.25, 0.3) is 0 Å². The zero-order valence-corrected chi connectivity index (χ0v) is 16.3. The van der Waals surface area contributed by atoms with Crippen molar-refractivity contribution in [2.24, 2.45) is 0 Å². The van der Waals surface area contributed by atoms with Crippen LogP contribution < -0.4 is 5.32 Å². The predicted octanol–water partition coefficient (Wildman–Crippen LogP) is 4.52. The summed E-state index contributed by atoms with van der Waals surface area (Å²) in [6.45, 7) is 11.3. The minimum Gasteiger partial charge on any atom is -0.467 e. The number of para-hydroxylation sites is 1. The van der Waals surface area contributed by atoms with Gasteiger partial charge in [0.15, 0.2) is 5.11 Å². The number of thiocarbonyl (C=S) groups is 1. The standard InChI is InChI=1S/C20H29N3OS/c1-4-22(5-2)13-9-14-23(16-18-11-8-15-24-18)20(25)21-19-12-7-6-10-17(19)3/h6-8,10-12,15H,4-5,9,13-14,16H2,1-3H3,(H,21,25). The van der Waals surface area contributed by atoms with Gasteiger partial charge in [-0.25, -0.2) is 0 Å². The third-order valence-corrected chi connectivity index (χ3v) is 4.76. The SMILES string of the molecule is CCN(CC)CCCN(Cc1ccco1)C(=S)Nc1ccccc1C. The molecule has 5 heteroatoms. The smallest absolute Gasteiger partial charge is 0.173 e. The van der Waals surface area contributed by atoms with Crippen molar-refractivity contribution in [3.63, 3.8) is 0 Å². The summed E-state index contributed by atoms with van der Waals surface area (Å²) in [5.74, 6) is 0.928. The van der Waals surface area contributed by atoms with Gasteiger partial charge < -0.3 is 19.5 Å². The maximum Gasteiger partial charge on any atom is 0.173 e. The molecule has 0 unspecified atom stereocenters. The van der Waals surface area contributed by atoms with Gasteiger partial charge in [0.2, 0.25) is 0 Å². The van der Waals surface area contributed by atoms with E-state index >= 15 is 0 Å². The molecule has 0 aliphatic carbocycles. The van der Waals surface area contributed by atoms with E-state index < -0.39 is 0 Å². The monoisotopic (exact) mass is 359 g/mol. The minimum atomic E-state index is 0.683. The first-order chi connectivity index (χ1) is 12.1. The summed E-state index contributed by atoms with van der Waals surface area (Å²) >= 11 is 5.69. The molecule has 0 aliphatic heterocycles. The summed E-state index contributed by atoms with van der Waals surface area (Å²) in [7, 11) is 0. The van der Waals surface area contributed by atoms with Crippen LogP contribution in [0.1, 0.15) is 31.6 Å². The van der Waals surface area contributed by atoms with Crippen LogP contribution in [0, 0.1) is 6.92 Å². The molecule has 0 bridgehead atoms. The Hall–Kier alpha value is -1.85. The Morgan fingerprint density at radius 3 is 2.48 bits per heavy atom. The number of rotatable bonds is 9. The highest BCUT2D eigenvalue weighted by Crippen LogP contribution is 2.15. The second-order valence-corrected chi connectivity index (χ2v) is 6.51. The van der Waals surface area contributed by atoms with E-state index in [0.717, 1.165) is 49.2 Å². The number of furan rings is 1. The van der Waals surface area contributed by atoms with Gasteiger partial charge in [0, 0.05) is 12.2 Å². The maximum absolute atomic E-state index is 5.69. The summed E-state index contributed by atoms with van der Waals surface area (Å²) in [4.78, 5) is 4.62. The average molecular weight is 360 g/mol. The number of hydrogen-bond acceptors (Lipinski definition) is 3. The molecule has 1 aromatic heterocycles. The quantitative estimate of drug-likeness (QED) is 0.666. The second-order valence-electron chi connectivity index (χ2n) is 6.13. The van der Waals surface area contributed by atoms with Crippen LogP contribution in [0.15, 0.2) is 47.1 Å². The van der Waals surface area contributed by atoms with E-state index in [1.165, 1.54) is 5.56 Å². The van der Waals surface area contributed by atoms with Crippen molar-refractivity contribution in [1.29, 1.82) is 0 Å². The molecule has 0 aliphatic rings. The van der Waals surface area contributed by atoms with Crippen LogP contribution in [0.3, 0.4) is 0 Å². The molecule has 2 rings (SSSR count). The first kappa shape index (κ1) is 19.5. The highest BCUT2D eigenvalue weighted by atomic mass is 32.1. The molecule has 0 amide bonds. The zero-order valence-electron chi connectivity index (χ0n) is 15.5. The van der Waals surface area contributed by atoms with E-state index in [2.05, 4.69) is 48.0 Å². The van der Waals surface area contributed by atoms with Crippen LogP contribution in [0.25, 0.3) is 0 Å². The molecule has 1 N–H and O–H groups in total. The minimum absolute atomic E-state index is 0.683. The lowest BCUT2D eigenvalue weighted by atomic mass is 10.2. The Balaban J connectivity index is 2.00. The van der Waals surface area contributed by atoms with Gasteiger partial charge in [-0.15, -0.1) is 0 Å². The summed E-state index contributed by atoms with van der Waals surface area (Å²) in [6.07, 6.45) is 2.78. The number of nitrogens with one attached hydrogen (secondary N) is 1. The molecular weight excluding hydrogens is 330 g/mol. The van der Waals surface area contributed by atoms with Gasteiger partial charge in [-0.1, -0.05) is 32.0 Å². The van der Waals surface area contributed by atoms with Gasteiger partial charge in [-0.2, -0.15) is 0 Å². The number of anilines is 1. The molecule has 136 valence electrons. The Morgan fingerprint density at radius 1 is 1.08 bits per heavy atom. The third-order valence-electron chi connectivity index (χ3n) is 4.40. The maximum atomic E-state index is 5.69. The summed E-state index contributed by atoms with van der Waals surface area (Å²) in [5, 5.41) is 4.13. The zero-order chi connectivity index (χ0) is 18.1. The van der Waals surface area contributed by atoms with Crippen molar-refractivity contribution >= 4 is 23.0 Å². The second kappa shape index (κ2) is 10.2. The molecule has 0 atom stereocenters. The van der Waals surface area contributed by atoms with Gasteiger partial charge in [0.05, 0.1) is 12.8 Å². The van der Waals surface area contributed by atoms with Crippen LogP contribution in [0.4, 0.5) is 5.69 Å². The first-order valence-electron chi connectivity index (χ1n) is 9.00. The normalized spacial score (nSPS) is 10.9. The van der Waals surface area contributed by atoms with E-state index in [9.17, 15) is 0 Å². The molecular formula is C20H29N3OS. The van der Waals surface area contributed by atoms with Crippen molar-refractivity contribution in [1.82, 2.24) is 9.80 Å². The van der Waals surface area contributed by atoms with Crippen LogP contribution in [-0.4, -0.2) is 41.1 Å². The van der Waals surface area contributed by atoms with E-state index in [1.54, 1.807) is 6.26 Å². The molecule has 2 aromatic rings. The molecule has 0 saturated carbocycles. The van der Waals surface area contributed by atoms with Crippen molar-refractivity contribution in [2.45, 2.75) is 33.7 Å². The predicted molar refractivity (Wildman–Crippen MR) is 109 cm³/mol. The molecule has 25 heavy (non-hydrogen) atoms. The Kier molecular flexibility index (Phi) is 7.95. The van der Waals surface area contributed by atoms with Gasteiger partial charge in [0.1, 0.15) is 5.76 Å². The number of benzene rings is 1. The number of nitrogens with zero attached hydrogens (tertiary/aromatic N) is 2.